The smallest absolute Gasteiger partial charge is 0.276 e. The van der Waals surface area contributed by atoms with Gasteiger partial charge in [0.25, 0.3) is 11.8 Å². The van der Waals surface area contributed by atoms with Gasteiger partial charge >= 0.3 is 0 Å². The van der Waals surface area contributed by atoms with Gasteiger partial charge in [0, 0.05) is 57.2 Å². The first-order valence-electron chi connectivity index (χ1n) is 13.5. The highest BCUT2D eigenvalue weighted by atomic mass is 32.2. The van der Waals surface area contributed by atoms with Crippen molar-refractivity contribution in [1.82, 2.24) is 9.88 Å². The molecule has 0 radical (unpaired) electrons. The Kier molecular flexibility index (Phi) is 6.07. The van der Waals surface area contributed by atoms with E-state index in [4.69, 9.17) is 0 Å². The van der Waals surface area contributed by atoms with Gasteiger partial charge in [-0.2, -0.15) is 0 Å². The minimum atomic E-state index is -3.43. The van der Waals surface area contributed by atoms with E-state index in [1.165, 1.54) is 12.8 Å². The third-order valence-electron chi connectivity index (χ3n) is 9.09. The van der Waals surface area contributed by atoms with Crippen LogP contribution in [0.25, 0.3) is 0 Å². The number of likely N-dealkylation sites (tertiary alicyclic amines) is 1. The summed E-state index contributed by atoms with van der Waals surface area (Å²) in [6, 6.07) is 10.8. The van der Waals surface area contributed by atoms with E-state index in [2.05, 4.69) is 9.71 Å². The molecule has 38 heavy (non-hydrogen) atoms. The van der Waals surface area contributed by atoms with Crippen molar-refractivity contribution in [2.75, 3.05) is 35.5 Å². The number of halogens is 2. The molecule has 10 heteroatoms. The van der Waals surface area contributed by atoms with Gasteiger partial charge in [0.05, 0.1) is 11.9 Å². The van der Waals surface area contributed by atoms with Gasteiger partial charge in [-0.15, -0.1) is 0 Å². The summed E-state index contributed by atoms with van der Waals surface area (Å²) < 4.78 is 53.5. The van der Waals surface area contributed by atoms with Crippen LogP contribution in [0.4, 0.5) is 20.2 Å². The number of sulfonamides is 1. The summed E-state index contributed by atoms with van der Waals surface area (Å²) in [6.07, 6.45) is 7.57. The molecule has 206 valence electrons. The predicted octanol–water partition coefficient (Wildman–Crippen LogP) is 5.18. The van der Waals surface area contributed by atoms with Crippen molar-refractivity contribution in [2.24, 2.45) is 5.41 Å². The van der Waals surface area contributed by atoms with Crippen molar-refractivity contribution in [3.8, 4) is 0 Å². The summed E-state index contributed by atoms with van der Waals surface area (Å²) in [6.45, 7) is 1.59. The van der Waals surface area contributed by atoms with E-state index in [0.29, 0.717) is 48.7 Å². The molecule has 3 heterocycles. The zero-order chi connectivity index (χ0) is 26.8. The van der Waals surface area contributed by atoms with Crippen LogP contribution in [-0.4, -0.2) is 56.0 Å². The first-order valence-corrected chi connectivity index (χ1v) is 15.3. The summed E-state index contributed by atoms with van der Waals surface area (Å²) in [7, 11) is -3.43. The molecular formula is C28H36F2N4O3S. The molecule has 2 aromatic rings. The number of benzene rings is 1. The number of hydrogen-bond donors (Lipinski definition) is 1. The molecule has 2 aliphatic carbocycles. The van der Waals surface area contributed by atoms with Crippen molar-refractivity contribution in [3.05, 3.63) is 53.3 Å². The number of hydrogen-bond acceptors (Lipinski definition) is 5. The van der Waals surface area contributed by atoms with E-state index < -0.39 is 15.9 Å². The number of carbonyl (C=O) groups is 1. The van der Waals surface area contributed by atoms with Gasteiger partial charge in [0.2, 0.25) is 10.0 Å². The number of carbonyl (C=O) groups excluding carboxylic acids is 1. The molecule has 2 saturated carbocycles. The Hall–Kier alpha value is -2.59. The molecule has 2 aliphatic heterocycles. The van der Waals surface area contributed by atoms with Crippen molar-refractivity contribution in [3.63, 3.8) is 0 Å². The molecule has 1 aromatic heterocycles. The van der Waals surface area contributed by atoms with Crippen LogP contribution in [0.15, 0.2) is 36.4 Å². The number of pyridine rings is 1. The van der Waals surface area contributed by atoms with Gasteiger partial charge in [-0.05, 0) is 79.8 Å². The molecule has 2 spiro atoms. The van der Waals surface area contributed by atoms with Crippen LogP contribution in [0.5, 0.6) is 0 Å². The Morgan fingerprint density at radius 2 is 1.71 bits per heavy atom. The lowest BCUT2D eigenvalue weighted by Crippen LogP contribution is -2.40. The molecule has 0 unspecified atom stereocenters. The van der Waals surface area contributed by atoms with Crippen LogP contribution >= 0.6 is 0 Å². The fraction of sp³-hybridized carbons (Fsp3) is 0.571. The van der Waals surface area contributed by atoms with E-state index in [-0.39, 0.29) is 25.6 Å². The minimum Gasteiger partial charge on any atom is -0.306 e. The third kappa shape index (κ3) is 5.04. The minimum absolute atomic E-state index is 0. The average Bonchev–Trinajstić information content (AvgIpc) is 3.56. The summed E-state index contributed by atoms with van der Waals surface area (Å²) in [5, 5.41) is 0. The largest absolute Gasteiger partial charge is 0.306 e. The second-order valence-electron chi connectivity index (χ2n) is 11.9. The molecule has 1 aromatic carbocycles. The van der Waals surface area contributed by atoms with Crippen molar-refractivity contribution in [2.45, 2.75) is 69.2 Å². The maximum Gasteiger partial charge on any atom is 0.276 e. The van der Waals surface area contributed by atoms with Crippen LogP contribution in [-0.2, 0) is 22.0 Å². The summed E-state index contributed by atoms with van der Waals surface area (Å²) in [4.78, 5) is 22.3. The summed E-state index contributed by atoms with van der Waals surface area (Å²) in [5.74, 6) is -2.79. The number of anilines is 2. The maximum atomic E-state index is 13.9. The Morgan fingerprint density at radius 1 is 1.03 bits per heavy atom. The topological polar surface area (TPSA) is 82.6 Å². The van der Waals surface area contributed by atoms with Crippen LogP contribution in [0.2, 0.25) is 0 Å². The van der Waals surface area contributed by atoms with E-state index >= 15 is 0 Å². The Bertz CT molecular complexity index is 1360. The molecule has 3 fully saturated rings. The Morgan fingerprint density at radius 3 is 2.37 bits per heavy atom. The first-order chi connectivity index (χ1) is 18.0. The lowest BCUT2D eigenvalue weighted by molar-refractivity contribution is -0.0568. The number of fused-ring (bicyclic) bond motifs is 2. The second-order valence-corrected chi connectivity index (χ2v) is 13.7. The summed E-state index contributed by atoms with van der Waals surface area (Å²) in [5.41, 5.74) is 3.65. The van der Waals surface area contributed by atoms with Crippen LogP contribution < -0.4 is 9.62 Å². The van der Waals surface area contributed by atoms with Gasteiger partial charge in [0.15, 0.2) is 0 Å². The standard InChI is InChI=1S/C28H34F2N4O3S.H2/c1-38(36,37)32-20-5-6-24-22(17-20)27(11-9-26(7-8-26)10-12-27)19-34(24)25(35)23-4-2-3-21(31-23)18-33-15-13-28(29,30)14-16-33;/h2-6,17,32H,7-16,18-19H2,1H3;1H. The zero-order valence-electron chi connectivity index (χ0n) is 21.7. The summed E-state index contributed by atoms with van der Waals surface area (Å²) >= 11 is 0. The number of alkyl halides is 2. The van der Waals surface area contributed by atoms with Gasteiger partial charge in [0.1, 0.15) is 5.69 Å². The molecule has 0 atom stereocenters. The molecular weight excluding hydrogens is 510 g/mol. The first kappa shape index (κ1) is 25.7. The predicted molar refractivity (Wildman–Crippen MR) is 144 cm³/mol. The zero-order valence-corrected chi connectivity index (χ0v) is 22.5. The monoisotopic (exact) mass is 546 g/mol. The fourth-order valence-electron chi connectivity index (χ4n) is 6.58. The van der Waals surface area contributed by atoms with E-state index in [1.807, 2.05) is 23.1 Å². The van der Waals surface area contributed by atoms with Crippen LogP contribution in [0.1, 0.15) is 74.5 Å². The number of nitrogens with zero attached hydrogens (tertiary/aromatic N) is 3. The molecule has 4 aliphatic rings. The van der Waals surface area contributed by atoms with E-state index in [0.717, 1.165) is 43.2 Å². The maximum absolute atomic E-state index is 13.9. The molecule has 0 bridgehead atoms. The second kappa shape index (κ2) is 8.98. The van der Waals surface area contributed by atoms with Gasteiger partial charge in [-0.1, -0.05) is 6.07 Å². The van der Waals surface area contributed by atoms with Crippen molar-refractivity contribution in [1.29, 1.82) is 0 Å². The quantitative estimate of drug-likeness (QED) is 0.559. The molecule has 7 nitrogen and oxygen atoms in total. The third-order valence-corrected chi connectivity index (χ3v) is 9.70. The highest BCUT2D eigenvalue weighted by Gasteiger charge is 2.53. The molecule has 1 N–H and O–H groups in total. The SMILES string of the molecule is CS(=O)(=O)Nc1ccc2c(c1)C1(CCC3(CC3)CC1)CN2C(=O)c1cccc(CN2CCC(F)(F)CC2)n1.[HH]. The number of rotatable bonds is 5. The fourth-order valence-corrected chi connectivity index (χ4v) is 7.14. The normalized spacial score (nSPS) is 23.4. The van der Waals surface area contributed by atoms with E-state index in [9.17, 15) is 22.0 Å². The highest BCUT2D eigenvalue weighted by Crippen LogP contribution is 2.62. The van der Waals surface area contributed by atoms with Gasteiger partial charge in [-0.25, -0.2) is 22.2 Å². The number of amides is 1. The Balaban J connectivity index is 0.00000308. The van der Waals surface area contributed by atoms with Crippen LogP contribution in [0, 0.1) is 5.41 Å². The Labute approximate surface area is 224 Å². The molecule has 1 saturated heterocycles. The molecule has 6 rings (SSSR count). The average molecular weight is 547 g/mol. The van der Waals surface area contributed by atoms with Crippen molar-refractivity contribution >= 4 is 27.3 Å². The van der Waals surface area contributed by atoms with Crippen molar-refractivity contribution < 1.29 is 23.4 Å². The lowest BCUT2D eigenvalue weighted by Gasteiger charge is -2.38. The van der Waals surface area contributed by atoms with Gasteiger partial charge in [-0.3, -0.25) is 14.4 Å². The highest BCUT2D eigenvalue weighted by molar-refractivity contribution is 7.92. The van der Waals surface area contributed by atoms with Gasteiger partial charge < -0.3 is 4.90 Å². The number of piperidine rings is 1. The van der Waals surface area contributed by atoms with E-state index in [1.54, 1.807) is 23.1 Å². The molecule has 1 amide bonds. The van der Waals surface area contributed by atoms with Crippen LogP contribution in [0.3, 0.4) is 0 Å². The number of nitrogens with one attached hydrogen (secondary N) is 1. The number of aromatic nitrogens is 1. The lowest BCUT2D eigenvalue weighted by atomic mass is 9.66.